The molecule has 2 heterocycles. The van der Waals surface area contributed by atoms with Crippen molar-refractivity contribution in [2.45, 2.75) is 32.4 Å². The highest BCUT2D eigenvalue weighted by atomic mass is 16.5. The Labute approximate surface area is 118 Å². The second-order valence-electron chi connectivity index (χ2n) is 5.96. The van der Waals surface area contributed by atoms with Gasteiger partial charge in [0.1, 0.15) is 5.82 Å². The lowest BCUT2D eigenvalue weighted by Gasteiger charge is -2.51. The van der Waals surface area contributed by atoms with E-state index >= 15 is 0 Å². The van der Waals surface area contributed by atoms with Crippen LogP contribution in [0.15, 0.2) is 30.9 Å². The summed E-state index contributed by atoms with van der Waals surface area (Å²) in [7, 11) is 1.78. The highest BCUT2D eigenvalue weighted by Crippen LogP contribution is 2.52. The van der Waals surface area contributed by atoms with E-state index in [1.165, 1.54) is 0 Å². The van der Waals surface area contributed by atoms with Crippen LogP contribution in [0.4, 0.5) is 5.82 Å². The summed E-state index contributed by atoms with van der Waals surface area (Å²) >= 11 is 0. The predicted molar refractivity (Wildman–Crippen MR) is 78.1 cm³/mol. The number of nitrogens with zero attached hydrogens (tertiary/aromatic N) is 3. The van der Waals surface area contributed by atoms with Crippen molar-refractivity contribution in [3.8, 4) is 11.3 Å². The maximum atomic E-state index is 5.64. The van der Waals surface area contributed by atoms with Gasteiger partial charge in [0.25, 0.3) is 0 Å². The Morgan fingerprint density at radius 2 is 2.15 bits per heavy atom. The lowest BCUT2D eigenvalue weighted by Crippen LogP contribution is -2.51. The van der Waals surface area contributed by atoms with E-state index in [1.807, 2.05) is 24.7 Å². The Morgan fingerprint density at radius 3 is 2.75 bits per heavy atom. The molecule has 0 amide bonds. The zero-order valence-corrected chi connectivity index (χ0v) is 12.1. The first-order valence-electron chi connectivity index (χ1n) is 6.80. The fraction of sp³-hybridized carbons (Fsp3) is 0.467. The molecule has 0 radical (unpaired) electrons. The van der Waals surface area contributed by atoms with Crippen molar-refractivity contribution in [1.29, 1.82) is 0 Å². The molecule has 1 saturated carbocycles. The molecular weight excluding hydrogens is 252 g/mol. The molecule has 2 unspecified atom stereocenters. The van der Waals surface area contributed by atoms with Gasteiger partial charge in [-0.1, -0.05) is 13.8 Å². The average Bonchev–Trinajstić information content (AvgIpc) is 2.88. The molecule has 0 aromatic carbocycles. The maximum Gasteiger partial charge on any atom is 0.123 e. The average molecular weight is 272 g/mol. The summed E-state index contributed by atoms with van der Waals surface area (Å²) in [4.78, 5) is 8.46. The van der Waals surface area contributed by atoms with Gasteiger partial charge < -0.3 is 15.0 Å². The van der Waals surface area contributed by atoms with Gasteiger partial charge in [0.15, 0.2) is 0 Å². The highest BCUT2D eigenvalue weighted by Gasteiger charge is 2.50. The van der Waals surface area contributed by atoms with E-state index < -0.39 is 0 Å². The van der Waals surface area contributed by atoms with Gasteiger partial charge in [0.2, 0.25) is 0 Å². The summed E-state index contributed by atoms with van der Waals surface area (Å²) in [5.74, 6) is 0.531. The molecule has 0 spiro atoms. The van der Waals surface area contributed by atoms with Crippen LogP contribution in [0.5, 0.6) is 0 Å². The number of rotatable bonds is 3. The molecule has 2 atom stereocenters. The van der Waals surface area contributed by atoms with Gasteiger partial charge in [0, 0.05) is 30.3 Å². The minimum absolute atomic E-state index is 0.103. The minimum Gasteiger partial charge on any atom is -0.384 e. The predicted octanol–water partition coefficient (Wildman–Crippen LogP) is 2.51. The van der Waals surface area contributed by atoms with Crippen LogP contribution in [0.2, 0.25) is 0 Å². The standard InChI is InChI=1S/C15H20N4O/c1-15(2)12(6-13(15)20-3)19-9-17-8-11(19)10-4-5-14(16)18-7-10/h4-5,7-9,12-13H,6H2,1-3H3,(H2,16,18). The Kier molecular flexibility index (Phi) is 3.01. The monoisotopic (exact) mass is 272 g/mol. The number of imidazole rings is 1. The third-order valence-electron chi connectivity index (χ3n) is 4.49. The first-order chi connectivity index (χ1) is 9.54. The second kappa shape index (κ2) is 4.59. The Hall–Kier alpha value is -1.88. The number of methoxy groups -OCH3 is 1. The van der Waals surface area contributed by atoms with Crippen LogP contribution < -0.4 is 5.73 Å². The van der Waals surface area contributed by atoms with Gasteiger partial charge in [-0.05, 0) is 18.6 Å². The molecule has 1 aliphatic carbocycles. The fourth-order valence-electron chi connectivity index (χ4n) is 3.07. The van der Waals surface area contributed by atoms with E-state index in [-0.39, 0.29) is 5.41 Å². The molecule has 106 valence electrons. The maximum absolute atomic E-state index is 5.64. The molecule has 2 aromatic rings. The lowest BCUT2D eigenvalue weighted by molar-refractivity contribution is -0.112. The number of hydrogen-bond donors (Lipinski definition) is 1. The first kappa shape index (κ1) is 13.1. The van der Waals surface area contributed by atoms with Crippen molar-refractivity contribution in [2.24, 2.45) is 5.41 Å². The number of hydrogen-bond acceptors (Lipinski definition) is 4. The molecule has 0 saturated heterocycles. The highest BCUT2D eigenvalue weighted by molar-refractivity contribution is 5.59. The van der Waals surface area contributed by atoms with E-state index in [1.54, 1.807) is 13.3 Å². The molecule has 2 aromatic heterocycles. The summed E-state index contributed by atoms with van der Waals surface area (Å²) in [6.45, 7) is 4.47. The number of nitrogen functional groups attached to an aromatic ring is 1. The van der Waals surface area contributed by atoms with Crippen LogP contribution in [0.25, 0.3) is 11.3 Å². The smallest absolute Gasteiger partial charge is 0.123 e. The van der Waals surface area contributed by atoms with E-state index in [9.17, 15) is 0 Å². The molecular formula is C15H20N4O. The molecule has 20 heavy (non-hydrogen) atoms. The SMILES string of the molecule is COC1CC(n2cncc2-c2ccc(N)nc2)C1(C)C. The fourth-order valence-corrected chi connectivity index (χ4v) is 3.07. The molecule has 3 rings (SSSR count). The van der Waals surface area contributed by atoms with Crippen LogP contribution >= 0.6 is 0 Å². The number of nitrogens with two attached hydrogens (primary N) is 1. The molecule has 2 N–H and O–H groups in total. The van der Waals surface area contributed by atoms with Gasteiger partial charge in [-0.2, -0.15) is 0 Å². The third kappa shape index (κ3) is 1.89. The summed E-state index contributed by atoms with van der Waals surface area (Å²) < 4.78 is 7.75. The third-order valence-corrected chi connectivity index (χ3v) is 4.49. The Morgan fingerprint density at radius 1 is 1.35 bits per heavy atom. The van der Waals surface area contributed by atoms with Gasteiger partial charge >= 0.3 is 0 Å². The first-order valence-corrected chi connectivity index (χ1v) is 6.80. The van der Waals surface area contributed by atoms with Crippen molar-refractivity contribution >= 4 is 5.82 Å². The zero-order valence-electron chi connectivity index (χ0n) is 12.1. The van der Waals surface area contributed by atoms with Crippen molar-refractivity contribution in [3.63, 3.8) is 0 Å². The largest absolute Gasteiger partial charge is 0.384 e. The molecule has 5 nitrogen and oxygen atoms in total. The van der Waals surface area contributed by atoms with Crippen molar-refractivity contribution in [3.05, 3.63) is 30.9 Å². The topological polar surface area (TPSA) is 66.0 Å². The normalized spacial score (nSPS) is 24.4. The van der Waals surface area contributed by atoms with E-state index in [0.29, 0.717) is 18.0 Å². The van der Waals surface area contributed by atoms with Crippen LogP contribution in [0.1, 0.15) is 26.3 Å². The minimum atomic E-state index is 0.103. The lowest BCUT2D eigenvalue weighted by atomic mass is 9.64. The molecule has 5 heteroatoms. The van der Waals surface area contributed by atoms with Gasteiger partial charge in [0.05, 0.1) is 24.3 Å². The zero-order chi connectivity index (χ0) is 14.3. The van der Waals surface area contributed by atoms with Crippen LogP contribution in [-0.2, 0) is 4.74 Å². The molecule has 0 bridgehead atoms. The van der Waals surface area contributed by atoms with Crippen LogP contribution in [-0.4, -0.2) is 27.7 Å². The summed E-state index contributed by atoms with van der Waals surface area (Å²) in [6.07, 6.45) is 6.87. The van der Waals surface area contributed by atoms with Gasteiger partial charge in [-0.25, -0.2) is 9.97 Å². The summed E-state index contributed by atoms with van der Waals surface area (Å²) in [6, 6.07) is 4.19. The second-order valence-corrected chi connectivity index (χ2v) is 5.96. The van der Waals surface area contributed by atoms with Gasteiger partial charge in [-0.15, -0.1) is 0 Å². The van der Waals surface area contributed by atoms with Crippen LogP contribution in [0, 0.1) is 5.41 Å². The summed E-state index contributed by atoms with van der Waals surface area (Å²) in [5.41, 5.74) is 7.86. The number of ether oxygens (including phenoxy) is 1. The molecule has 0 aliphatic heterocycles. The van der Waals surface area contributed by atoms with E-state index in [0.717, 1.165) is 17.7 Å². The van der Waals surface area contributed by atoms with Crippen molar-refractivity contribution < 1.29 is 4.74 Å². The summed E-state index contributed by atoms with van der Waals surface area (Å²) in [5, 5.41) is 0. The Bertz CT molecular complexity index is 603. The number of aromatic nitrogens is 3. The van der Waals surface area contributed by atoms with Crippen molar-refractivity contribution in [2.75, 3.05) is 12.8 Å². The molecule has 1 aliphatic rings. The van der Waals surface area contributed by atoms with E-state index in [4.69, 9.17) is 10.5 Å². The quantitative estimate of drug-likeness (QED) is 0.932. The Balaban J connectivity index is 1.94. The number of pyridine rings is 1. The molecule has 1 fully saturated rings. The van der Waals surface area contributed by atoms with Gasteiger partial charge in [-0.3, -0.25) is 0 Å². The van der Waals surface area contributed by atoms with Crippen LogP contribution in [0.3, 0.4) is 0 Å². The number of anilines is 1. The van der Waals surface area contributed by atoms with E-state index in [2.05, 4.69) is 28.4 Å². The van der Waals surface area contributed by atoms with Crippen molar-refractivity contribution in [1.82, 2.24) is 14.5 Å².